The Morgan fingerprint density at radius 2 is 1.75 bits per heavy atom. The zero-order valence-electron chi connectivity index (χ0n) is 9.66. The number of halogens is 1. The van der Waals surface area contributed by atoms with Crippen LogP contribution in [0.3, 0.4) is 0 Å². The van der Waals surface area contributed by atoms with E-state index in [0.717, 1.165) is 0 Å². The summed E-state index contributed by atoms with van der Waals surface area (Å²) in [5.41, 5.74) is 5.51. The molecule has 0 aromatic carbocycles. The van der Waals surface area contributed by atoms with Crippen molar-refractivity contribution < 1.29 is 24.1 Å². The Labute approximate surface area is 101 Å². The molecule has 0 amide bonds. The molecule has 0 saturated heterocycles. The summed E-state index contributed by atoms with van der Waals surface area (Å²) in [6.45, 7) is 0.0872. The predicted octanol–water partition coefficient (Wildman–Crippen LogP) is -1.03. The van der Waals surface area contributed by atoms with Crippen LogP contribution < -0.4 is 5.73 Å². The summed E-state index contributed by atoms with van der Waals surface area (Å²) in [7, 11) is 4.27. The van der Waals surface area contributed by atoms with Gasteiger partial charge in [0.2, 0.25) is 0 Å². The highest BCUT2D eigenvalue weighted by molar-refractivity contribution is 5.85. The molecule has 0 fully saturated rings. The normalized spacial score (nSPS) is 18.1. The van der Waals surface area contributed by atoms with Crippen LogP contribution >= 0.6 is 12.4 Å². The van der Waals surface area contributed by atoms with E-state index in [1.807, 2.05) is 0 Å². The number of hydrogen-bond donors (Lipinski definition) is 2. The summed E-state index contributed by atoms with van der Waals surface area (Å²) in [4.78, 5) is 10.5. The summed E-state index contributed by atoms with van der Waals surface area (Å²) in [6.07, 6.45) is -1.73. The Hall–Kier alpha value is -0.240. The maximum atomic E-state index is 10.5. The third kappa shape index (κ3) is 5.20. The predicted molar refractivity (Wildman–Crippen MR) is 60.8 cm³/mol. The van der Waals surface area contributed by atoms with E-state index in [0.29, 0.717) is 6.29 Å². The van der Waals surface area contributed by atoms with Gasteiger partial charge in [0, 0.05) is 21.3 Å². The maximum Gasteiger partial charge on any atom is 0.139 e. The molecule has 0 spiro atoms. The van der Waals surface area contributed by atoms with E-state index in [1.54, 1.807) is 0 Å². The zero-order chi connectivity index (χ0) is 11.8. The van der Waals surface area contributed by atoms with Crippen molar-refractivity contribution in [3.63, 3.8) is 0 Å². The molecule has 0 radical (unpaired) electrons. The fourth-order valence-corrected chi connectivity index (χ4v) is 1.36. The number of rotatable bonds is 8. The lowest BCUT2D eigenvalue weighted by molar-refractivity contribution is -0.129. The number of methoxy groups -OCH3 is 3. The highest BCUT2D eigenvalue weighted by Crippen LogP contribution is 2.10. The van der Waals surface area contributed by atoms with Crippen molar-refractivity contribution >= 4 is 18.7 Å². The minimum absolute atomic E-state index is 0. The molecule has 4 atom stereocenters. The summed E-state index contributed by atoms with van der Waals surface area (Å²) >= 11 is 0. The van der Waals surface area contributed by atoms with Gasteiger partial charge in [-0.15, -0.1) is 12.4 Å². The van der Waals surface area contributed by atoms with Gasteiger partial charge in [-0.25, -0.2) is 0 Å². The van der Waals surface area contributed by atoms with Crippen molar-refractivity contribution in [3.8, 4) is 0 Å². The summed E-state index contributed by atoms with van der Waals surface area (Å²) in [6, 6.07) is -0.841. The average molecular weight is 258 g/mol. The molecule has 0 aromatic heterocycles. The number of nitrogens with two attached hydrogens (primary N) is 1. The summed E-state index contributed by atoms with van der Waals surface area (Å²) < 4.78 is 14.9. The Morgan fingerprint density at radius 1 is 1.25 bits per heavy atom. The Bertz CT molecular complexity index is 183. The second-order valence-corrected chi connectivity index (χ2v) is 3.14. The fraction of sp³-hybridized carbons (Fsp3) is 0.889. The van der Waals surface area contributed by atoms with Gasteiger partial charge in [-0.1, -0.05) is 0 Å². The number of carbonyl (C=O) groups excluding carboxylic acids is 1. The van der Waals surface area contributed by atoms with Crippen LogP contribution in [0.15, 0.2) is 0 Å². The monoisotopic (exact) mass is 257 g/mol. The molecule has 4 unspecified atom stereocenters. The first-order valence-corrected chi connectivity index (χ1v) is 4.55. The molecule has 6 nitrogen and oxygen atoms in total. The van der Waals surface area contributed by atoms with Crippen LogP contribution in [0, 0.1) is 0 Å². The number of aldehydes is 1. The maximum absolute atomic E-state index is 10.5. The van der Waals surface area contributed by atoms with E-state index >= 15 is 0 Å². The lowest BCUT2D eigenvalue weighted by atomic mass is 10.0. The van der Waals surface area contributed by atoms with Gasteiger partial charge in [0.15, 0.2) is 0 Å². The minimum atomic E-state index is -0.893. The molecule has 0 aliphatic rings. The molecule has 7 heteroatoms. The molecule has 0 saturated carbocycles. The van der Waals surface area contributed by atoms with E-state index < -0.39 is 24.4 Å². The second kappa shape index (κ2) is 9.95. The second-order valence-electron chi connectivity index (χ2n) is 3.14. The van der Waals surface area contributed by atoms with E-state index in [1.165, 1.54) is 21.3 Å². The van der Waals surface area contributed by atoms with Crippen LogP contribution in [0.5, 0.6) is 0 Å². The lowest BCUT2D eigenvalue weighted by Crippen LogP contribution is -2.52. The van der Waals surface area contributed by atoms with Gasteiger partial charge in [0.1, 0.15) is 24.6 Å². The standard InChI is InChI=1S/C9H19NO5.ClH/c1-13-5-7(12)9(15-3)8(14-2)6(10)4-11;/h4,6-9,12H,5,10H2,1-3H3;1H. The number of aliphatic hydroxyl groups is 1. The van der Waals surface area contributed by atoms with Crippen LogP contribution in [-0.2, 0) is 19.0 Å². The van der Waals surface area contributed by atoms with Crippen molar-refractivity contribution in [2.45, 2.75) is 24.4 Å². The van der Waals surface area contributed by atoms with Crippen molar-refractivity contribution in [2.75, 3.05) is 27.9 Å². The lowest BCUT2D eigenvalue weighted by Gasteiger charge is -2.30. The van der Waals surface area contributed by atoms with Crippen LogP contribution in [0.2, 0.25) is 0 Å². The van der Waals surface area contributed by atoms with Gasteiger partial charge < -0.3 is 29.8 Å². The number of carbonyl (C=O) groups is 1. The molecule has 0 aliphatic carbocycles. The van der Waals surface area contributed by atoms with Crippen molar-refractivity contribution in [2.24, 2.45) is 5.73 Å². The molecule has 16 heavy (non-hydrogen) atoms. The third-order valence-corrected chi connectivity index (χ3v) is 2.12. The molecule has 3 N–H and O–H groups in total. The Kier molecular flexibility index (Phi) is 11.3. The van der Waals surface area contributed by atoms with Gasteiger partial charge in [0.05, 0.1) is 12.6 Å². The highest BCUT2D eigenvalue weighted by atomic mass is 35.5. The van der Waals surface area contributed by atoms with Gasteiger partial charge >= 0.3 is 0 Å². The molecule has 0 aromatic rings. The van der Waals surface area contributed by atoms with Gasteiger partial charge in [0.25, 0.3) is 0 Å². The van der Waals surface area contributed by atoms with Crippen LogP contribution in [0.1, 0.15) is 0 Å². The SMILES string of the molecule is COCC(O)C(OC)C(OC)C(N)C=O.Cl. The molecule has 0 rings (SSSR count). The van der Waals surface area contributed by atoms with Gasteiger partial charge in [-0.05, 0) is 0 Å². The van der Waals surface area contributed by atoms with Crippen LogP contribution in [-0.4, -0.2) is 63.7 Å². The van der Waals surface area contributed by atoms with E-state index in [-0.39, 0.29) is 19.0 Å². The van der Waals surface area contributed by atoms with Crippen molar-refractivity contribution in [3.05, 3.63) is 0 Å². The number of ether oxygens (including phenoxy) is 3. The smallest absolute Gasteiger partial charge is 0.139 e. The number of hydrogen-bond acceptors (Lipinski definition) is 6. The number of aliphatic hydroxyl groups excluding tert-OH is 1. The first-order valence-electron chi connectivity index (χ1n) is 4.55. The summed E-state index contributed by atoms with van der Waals surface area (Å²) in [5, 5.41) is 9.65. The van der Waals surface area contributed by atoms with E-state index in [9.17, 15) is 9.90 Å². The van der Waals surface area contributed by atoms with Crippen LogP contribution in [0.25, 0.3) is 0 Å². The van der Waals surface area contributed by atoms with Crippen molar-refractivity contribution in [1.29, 1.82) is 0 Å². The molecule has 98 valence electrons. The fourth-order valence-electron chi connectivity index (χ4n) is 1.36. The van der Waals surface area contributed by atoms with E-state index in [2.05, 4.69) is 0 Å². The first-order chi connectivity index (χ1) is 7.12. The minimum Gasteiger partial charge on any atom is -0.388 e. The van der Waals surface area contributed by atoms with Crippen LogP contribution in [0.4, 0.5) is 0 Å². The first kappa shape index (κ1) is 18.1. The Morgan fingerprint density at radius 3 is 2.06 bits per heavy atom. The topological polar surface area (TPSA) is 91.0 Å². The quantitative estimate of drug-likeness (QED) is 0.541. The molecule has 0 aliphatic heterocycles. The average Bonchev–Trinajstić information content (AvgIpc) is 2.24. The van der Waals surface area contributed by atoms with Gasteiger partial charge in [-0.2, -0.15) is 0 Å². The largest absolute Gasteiger partial charge is 0.388 e. The van der Waals surface area contributed by atoms with Crippen molar-refractivity contribution in [1.82, 2.24) is 0 Å². The third-order valence-electron chi connectivity index (χ3n) is 2.12. The summed E-state index contributed by atoms with van der Waals surface area (Å²) in [5.74, 6) is 0. The molecular weight excluding hydrogens is 238 g/mol. The molecular formula is C9H20ClNO5. The zero-order valence-corrected chi connectivity index (χ0v) is 10.5. The van der Waals surface area contributed by atoms with E-state index in [4.69, 9.17) is 19.9 Å². The Balaban J connectivity index is 0. The molecule has 0 heterocycles. The highest BCUT2D eigenvalue weighted by Gasteiger charge is 2.32. The molecule has 0 bridgehead atoms. The van der Waals surface area contributed by atoms with Gasteiger partial charge in [-0.3, -0.25) is 0 Å².